The first-order chi connectivity index (χ1) is 13.0. The van der Waals surface area contributed by atoms with Gasteiger partial charge in [-0.15, -0.1) is 0 Å². The van der Waals surface area contributed by atoms with E-state index in [1.165, 1.54) is 11.3 Å². The van der Waals surface area contributed by atoms with Crippen LogP contribution >= 0.6 is 22.9 Å². The molecular weight excluding hydrogens is 380 g/mol. The summed E-state index contributed by atoms with van der Waals surface area (Å²) in [7, 11) is 0. The third-order valence-electron chi connectivity index (χ3n) is 4.33. The van der Waals surface area contributed by atoms with Gasteiger partial charge in [0.25, 0.3) is 5.91 Å². The summed E-state index contributed by atoms with van der Waals surface area (Å²) in [5, 5.41) is 1.27. The quantitative estimate of drug-likeness (QED) is 0.424. The second kappa shape index (κ2) is 7.18. The SMILES string of the molecule is Cc1ccc(C)c(C(=O)N(Cc2ccco2)c2nc3ccc(Cl)cc3s2)c1. The molecule has 0 unspecified atom stereocenters. The van der Waals surface area contributed by atoms with Crippen LogP contribution in [0.25, 0.3) is 10.2 Å². The van der Waals surface area contributed by atoms with E-state index in [2.05, 4.69) is 4.98 Å². The Kier molecular flexibility index (Phi) is 4.72. The Morgan fingerprint density at radius 2 is 2.04 bits per heavy atom. The molecule has 0 spiro atoms. The molecule has 0 aliphatic heterocycles. The molecule has 0 radical (unpaired) electrons. The predicted molar refractivity (Wildman–Crippen MR) is 110 cm³/mol. The Hall–Kier alpha value is -2.63. The highest BCUT2D eigenvalue weighted by Crippen LogP contribution is 2.32. The second-order valence-corrected chi connectivity index (χ2v) is 7.84. The second-order valence-electron chi connectivity index (χ2n) is 6.40. The van der Waals surface area contributed by atoms with Crippen molar-refractivity contribution in [1.29, 1.82) is 0 Å². The zero-order valence-electron chi connectivity index (χ0n) is 14.9. The van der Waals surface area contributed by atoms with Crippen LogP contribution in [0.3, 0.4) is 0 Å². The highest BCUT2D eigenvalue weighted by molar-refractivity contribution is 7.22. The van der Waals surface area contributed by atoms with Gasteiger partial charge in [0.05, 0.1) is 23.0 Å². The van der Waals surface area contributed by atoms with Crippen LogP contribution < -0.4 is 4.90 Å². The van der Waals surface area contributed by atoms with Crippen LogP contribution in [0.5, 0.6) is 0 Å². The fourth-order valence-electron chi connectivity index (χ4n) is 2.90. The molecule has 2 heterocycles. The molecule has 0 bridgehead atoms. The lowest BCUT2D eigenvalue weighted by Crippen LogP contribution is -2.30. The van der Waals surface area contributed by atoms with Crippen LogP contribution in [0.2, 0.25) is 5.02 Å². The van der Waals surface area contributed by atoms with E-state index >= 15 is 0 Å². The summed E-state index contributed by atoms with van der Waals surface area (Å²) in [6.45, 7) is 4.23. The van der Waals surface area contributed by atoms with Crippen LogP contribution in [0, 0.1) is 13.8 Å². The topological polar surface area (TPSA) is 46.3 Å². The van der Waals surface area contributed by atoms with Crippen molar-refractivity contribution < 1.29 is 9.21 Å². The van der Waals surface area contributed by atoms with Gasteiger partial charge in [-0.2, -0.15) is 0 Å². The fraction of sp³-hybridized carbons (Fsp3) is 0.143. The molecule has 0 N–H and O–H groups in total. The van der Waals surface area contributed by atoms with Gasteiger partial charge in [0.15, 0.2) is 5.13 Å². The molecule has 6 heteroatoms. The molecule has 136 valence electrons. The summed E-state index contributed by atoms with van der Waals surface area (Å²) in [5.41, 5.74) is 3.45. The standard InChI is InChI=1S/C21H17ClN2O2S/c1-13-5-6-14(2)17(10-13)20(25)24(12-16-4-3-9-26-16)21-23-18-8-7-15(22)11-19(18)27-21/h3-11H,12H2,1-2H3. The maximum absolute atomic E-state index is 13.4. The van der Waals surface area contributed by atoms with Gasteiger partial charge in [-0.05, 0) is 55.8 Å². The van der Waals surface area contributed by atoms with Crippen LogP contribution in [0.15, 0.2) is 59.2 Å². The van der Waals surface area contributed by atoms with E-state index in [9.17, 15) is 4.79 Å². The van der Waals surface area contributed by atoms with Gasteiger partial charge in [-0.25, -0.2) is 4.98 Å². The van der Waals surface area contributed by atoms with Crippen molar-refractivity contribution in [3.05, 3.63) is 82.3 Å². The molecule has 27 heavy (non-hydrogen) atoms. The molecule has 0 aliphatic rings. The number of rotatable bonds is 4. The summed E-state index contributed by atoms with van der Waals surface area (Å²) in [4.78, 5) is 19.7. The number of aromatic nitrogens is 1. The van der Waals surface area contributed by atoms with Gasteiger partial charge in [0.1, 0.15) is 5.76 Å². The van der Waals surface area contributed by atoms with E-state index in [0.29, 0.717) is 28.0 Å². The number of halogens is 1. The van der Waals surface area contributed by atoms with Gasteiger partial charge >= 0.3 is 0 Å². The van der Waals surface area contributed by atoms with E-state index in [1.54, 1.807) is 17.2 Å². The lowest BCUT2D eigenvalue weighted by molar-refractivity contribution is 0.0982. The number of hydrogen-bond donors (Lipinski definition) is 0. The van der Waals surface area contributed by atoms with E-state index < -0.39 is 0 Å². The minimum atomic E-state index is -0.0993. The van der Waals surface area contributed by atoms with Crippen molar-refractivity contribution in [1.82, 2.24) is 4.98 Å². The number of anilines is 1. The summed E-state index contributed by atoms with van der Waals surface area (Å²) >= 11 is 7.54. The average molecular weight is 397 g/mol. The smallest absolute Gasteiger partial charge is 0.260 e. The molecule has 4 rings (SSSR count). The number of carbonyl (C=O) groups excluding carboxylic acids is 1. The van der Waals surface area contributed by atoms with Gasteiger partial charge in [-0.1, -0.05) is 40.6 Å². The molecule has 4 aromatic rings. The van der Waals surface area contributed by atoms with Crippen LogP contribution in [-0.2, 0) is 6.54 Å². The highest BCUT2D eigenvalue weighted by atomic mass is 35.5. The Morgan fingerprint density at radius 1 is 1.19 bits per heavy atom. The van der Waals surface area contributed by atoms with Crippen molar-refractivity contribution in [2.24, 2.45) is 0 Å². The molecule has 2 aromatic carbocycles. The summed E-state index contributed by atoms with van der Waals surface area (Å²) in [5.74, 6) is 0.601. The first-order valence-electron chi connectivity index (χ1n) is 8.49. The predicted octanol–water partition coefficient (Wildman–Crippen LogP) is 6.01. The minimum absolute atomic E-state index is 0.0993. The first-order valence-corrected chi connectivity index (χ1v) is 9.68. The maximum Gasteiger partial charge on any atom is 0.260 e. The lowest BCUT2D eigenvalue weighted by atomic mass is 10.0. The number of benzene rings is 2. The summed E-state index contributed by atoms with van der Waals surface area (Å²) in [6, 6.07) is 15.1. The molecule has 0 saturated heterocycles. The highest BCUT2D eigenvalue weighted by Gasteiger charge is 2.24. The summed E-state index contributed by atoms with van der Waals surface area (Å²) < 4.78 is 6.42. The van der Waals surface area contributed by atoms with Gasteiger partial charge < -0.3 is 4.42 Å². The molecular formula is C21H17ClN2O2S. The fourth-order valence-corrected chi connectivity index (χ4v) is 4.14. The minimum Gasteiger partial charge on any atom is -0.467 e. The lowest BCUT2D eigenvalue weighted by Gasteiger charge is -2.20. The Labute approximate surface area is 166 Å². The van der Waals surface area contributed by atoms with Crippen molar-refractivity contribution >= 4 is 44.2 Å². The number of furan rings is 1. The van der Waals surface area contributed by atoms with Crippen molar-refractivity contribution in [2.75, 3.05) is 4.90 Å². The van der Waals surface area contributed by atoms with Crippen LogP contribution in [0.4, 0.5) is 5.13 Å². The van der Waals surface area contributed by atoms with E-state index in [-0.39, 0.29) is 5.91 Å². The zero-order chi connectivity index (χ0) is 19.0. The van der Waals surface area contributed by atoms with Crippen LogP contribution in [-0.4, -0.2) is 10.9 Å². The van der Waals surface area contributed by atoms with E-state index in [1.807, 2.05) is 56.3 Å². The Bertz CT molecular complexity index is 1120. The third kappa shape index (κ3) is 3.61. The van der Waals surface area contributed by atoms with Crippen molar-refractivity contribution in [3.8, 4) is 0 Å². The van der Waals surface area contributed by atoms with Gasteiger partial charge in [-0.3, -0.25) is 9.69 Å². The summed E-state index contributed by atoms with van der Waals surface area (Å²) in [6.07, 6.45) is 1.61. The van der Waals surface area contributed by atoms with Gasteiger partial charge in [0, 0.05) is 10.6 Å². The van der Waals surface area contributed by atoms with Crippen molar-refractivity contribution in [3.63, 3.8) is 0 Å². The zero-order valence-corrected chi connectivity index (χ0v) is 16.5. The van der Waals surface area contributed by atoms with E-state index in [0.717, 1.165) is 21.3 Å². The Balaban J connectivity index is 1.80. The number of thiazole rings is 1. The number of aryl methyl sites for hydroxylation is 2. The first kappa shape index (κ1) is 17.8. The maximum atomic E-state index is 13.4. The van der Waals surface area contributed by atoms with Gasteiger partial charge in [0.2, 0.25) is 0 Å². The molecule has 2 aromatic heterocycles. The largest absolute Gasteiger partial charge is 0.467 e. The molecule has 0 atom stereocenters. The number of amides is 1. The monoisotopic (exact) mass is 396 g/mol. The number of fused-ring (bicyclic) bond motifs is 1. The molecule has 4 nitrogen and oxygen atoms in total. The normalized spacial score (nSPS) is 11.1. The number of nitrogens with zero attached hydrogens (tertiary/aromatic N) is 2. The van der Waals surface area contributed by atoms with Crippen LogP contribution in [0.1, 0.15) is 27.2 Å². The number of hydrogen-bond acceptors (Lipinski definition) is 4. The third-order valence-corrected chi connectivity index (χ3v) is 5.61. The van der Waals surface area contributed by atoms with Crippen molar-refractivity contribution in [2.45, 2.75) is 20.4 Å². The number of carbonyl (C=O) groups is 1. The molecule has 0 fully saturated rings. The van der Waals surface area contributed by atoms with E-state index in [4.69, 9.17) is 16.0 Å². The molecule has 1 amide bonds. The Morgan fingerprint density at radius 3 is 2.81 bits per heavy atom. The average Bonchev–Trinajstić information content (AvgIpc) is 3.30. The molecule has 0 saturated carbocycles. The molecule has 0 aliphatic carbocycles.